The van der Waals surface area contributed by atoms with Crippen LogP contribution in [0.2, 0.25) is 10.0 Å². The van der Waals surface area contributed by atoms with E-state index >= 15 is 0 Å². The fourth-order valence-corrected chi connectivity index (χ4v) is 3.49. The molecule has 0 bridgehead atoms. The molecule has 8 heteroatoms. The Hall–Kier alpha value is -1.08. The number of aliphatic hydroxyl groups excluding tert-OH is 1. The topological polar surface area (TPSA) is 70.1 Å². The van der Waals surface area contributed by atoms with E-state index < -0.39 is 0 Å². The minimum atomic E-state index is -0.119. The molecule has 5 nitrogen and oxygen atoms in total. The monoisotopic (exact) mass is 430 g/mol. The summed E-state index contributed by atoms with van der Waals surface area (Å²) in [4.78, 5) is 8.66. The summed E-state index contributed by atoms with van der Waals surface area (Å²) >= 11 is 15.7. The van der Waals surface area contributed by atoms with Gasteiger partial charge in [0.1, 0.15) is 5.02 Å². The second-order valence-corrected chi connectivity index (χ2v) is 7.34. The number of nitrogens with zero attached hydrogens (tertiary/aromatic N) is 2. The standard InChI is InChI=1S/C16H17BrCl2N4O/c17-14-9(8-24)5-11(6-12(14)18)22-16-20-7-13(19)15(23-16)21-10-3-1-2-4-10/h5-7,10,24H,1-4,8H2,(H2,20,21,22,23). The molecule has 1 aromatic carbocycles. The van der Waals surface area contributed by atoms with Gasteiger partial charge in [0.15, 0.2) is 5.82 Å². The Bertz CT molecular complexity index is 738. The predicted octanol–water partition coefficient (Wildman–Crippen LogP) is 5.14. The van der Waals surface area contributed by atoms with Crippen LogP contribution in [-0.4, -0.2) is 21.1 Å². The summed E-state index contributed by atoms with van der Waals surface area (Å²) in [5, 5.41) is 16.9. The van der Waals surface area contributed by atoms with Crippen LogP contribution in [0, 0.1) is 0 Å². The van der Waals surface area contributed by atoms with Gasteiger partial charge in [0, 0.05) is 16.2 Å². The molecule has 0 unspecified atom stereocenters. The van der Waals surface area contributed by atoms with Gasteiger partial charge in [-0.3, -0.25) is 0 Å². The van der Waals surface area contributed by atoms with Gasteiger partial charge in [0.2, 0.25) is 5.95 Å². The van der Waals surface area contributed by atoms with E-state index in [1.807, 2.05) is 0 Å². The van der Waals surface area contributed by atoms with Gasteiger partial charge in [-0.25, -0.2) is 4.98 Å². The van der Waals surface area contributed by atoms with Crippen molar-refractivity contribution in [1.82, 2.24) is 9.97 Å². The predicted molar refractivity (Wildman–Crippen MR) is 101 cm³/mol. The highest BCUT2D eigenvalue weighted by Gasteiger charge is 2.17. The van der Waals surface area contributed by atoms with Crippen molar-refractivity contribution < 1.29 is 5.11 Å². The molecule has 1 aliphatic carbocycles. The molecule has 0 spiro atoms. The van der Waals surface area contributed by atoms with Crippen LogP contribution >= 0.6 is 39.1 Å². The van der Waals surface area contributed by atoms with Gasteiger partial charge in [-0.15, -0.1) is 0 Å². The first-order valence-corrected chi connectivity index (χ1v) is 9.26. The van der Waals surface area contributed by atoms with Crippen LogP contribution in [-0.2, 0) is 6.61 Å². The van der Waals surface area contributed by atoms with E-state index in [1.165, 1.54) is 12.8 Å². The van der Waals surface area contributed by atoms with Crippen molar-refractivity contribution in [3.8, 4) is 0 Å². The largest absolute Gasteiger partial charge is 0.392 e. The van der Waals surface area contributed by atoms with Crippen LogP contribution in [0.4, 0.5) is 17.5 Å². The molecule has 0 atom stereocenters. The third-order valence-electron chi connectivity index (χ3n) is 3.97. The highest BCUT2D eigenvalue weighted by Crippen LogP contribution is 2.32. The lowest BCUT2D eigenvalue weighted by Gasteiger charge is -2.15. The van der Waals surface area contributed by atoms with Crippen LogP contribution in [0.15, 0.2) is 22.8 Å². The van der Waals surface area contributed by atoms with Crippen LogP contribution in [0.3, 0.4) is 0 Å². The first-order chi connectivity index (χ1) is 11.6. The molecule has 1 saturated carbocycles. The number of anilines is 3. The summed E-state index contributed by atoms with van der Waals surface area (Å²) in [6.45, 7) is -0.119. The van der Waals surface area contributed by atoms with Gasteiger partial charge in [-0.2, -0.15) is 4.98 Å². The van der Waals surface area contributed by atoms with Gasteiger partial charge in [0.25, 0.3) is 0 Å². The molecule has 1 fully saturated rings. The molecule has 24 heavy (non-hydrogen) atoms. The van der Waals surface area contributed by atoms with E-state index in [1.54, 1.807) is 18.3 Å². The molecule has 0 radical (unpaired) electrons. The van der Waals surface area contributed by atoms with E-state index in [0.717, 1.165) is 12.8 Å². The van der Waals surface area contributed by atoms with E-state index in [2.05, 4.69) is 36.5 Å². The van der Waals surface area contributed by atoms with Gasteiger partial charge >= 0.3 is 0 Å². The maximum atomic E-state index is 9.40. The van der Waals surface area contributed by atoms with Crippen LogP contribution in [0.1, 0.15) is 31.2 Å². The van der Waals surface area contributed by atoms with E-state index in [-0.39, 0.29) is 6.61 Å². The van der Waals surface area contributed by atoms with Crippen molar-refractivity contribution in [2.45, 2.75) is 38.3 Å². The molecule has 0 saturated heterocycles. The van der Waals surface area contributed by atoms with Gasteiger partial charge in [-0.05, 0) is 46.5 Å². The molecular formula is C16H17BrCl2N4O. The van der Waals surface area contributed by atoms with Crippen molar-refractivity contribution >= 4 is 56.6 Å². The molecule has 3 rings (SSSR count). The lowest BCUT2D eigenvalue weighted by molar-refractivity contribution is 0.281. The third-order valence-corrected chi connectivity index (χ3v) is 5.71. The molecule has 1 aromatic heterocycles. The summed E-state index contributed by atoms with van der Waals surface area (Å²) < 4.78 is 0.679. The molecule has 1 aliphatic rings. The summed E-state index contributed by atoms with van der Waals surface area (Å²) in [5.41, 5.74) is 1.38. The number of halogens is 3. The lowest BCUT2D eigenvalue weighted by atomic mass is 10.2. The molecule has 0 amide bonds. The minimum absolute atomic E-state index is 0.119. The van der Waals surface area contributed by atoms with Crippen molar-refractivity contribution in [3.63, 3.8) is 0 Å². The molecular weight excluding hydrogens is 415 g/mol. The summed E-state index contributed by atoms with van der Waals surface area (Å²) in [5.74, 6) is 1.05. The molecule has 1 heterocycles. The Labute approximate surface area is 158 Å². The Morgan fingerprint density at radius 1 is 1.21 bits per heavy atom. The summed E-state index contributed by atoms with van der Waals surface area (Å²) in [7, 11) is 0. The van der Waals surface area contributed by atoms with Crippen molar-refractivity contribution in [1.29, 1.82) is 0 Å². The second kappa shape index (κ2) is 7.87. The number of rotatable bonds is 5. The number of benzene rings is 1. The molecule has 3 N–H and O–H groups in total. The van der Waals surface area contributed by atoms with Gasteiger partial charge < -0.3 is 15.7 Å². The Morgan fingerprint density at radius 3 is 2.67 bits per heavy atom. The SMILES string of the molecule is OCc1cc(Nc2ncc(Cl)c(NC3CCCC3)n2)cc(Cl)c1Br. The first-order valence-electron chi connectivity index (χ1n) is 7.71. The normalized spacial score (nSPS) is 14.8. The summed E-state index contributed by atoms with van der Waals surface area (Å²) in [6, 6.07) is 3.94. The average Bonchev–Trinajstić information content (AvgIpc) is 3.07. The fraction of sp³-hybridized carbons (Fsp3) is 0.375. The van der Waals surface area contributed by atoms with Gasteiger partial charge in [-0.1, -0.05) is 36.0 Å². The summed E-state index contributed by atoms with van der Waals surface area (Å²) in [6.07, 6.45) is 6.29. The lowest BCUT2D eigenvalue weighted by Crippen LogP contribution is -2.16. The number of hydrogen-bond donors (Lipinski definition) is 3. The maximum absolute atomic E-state index is 9.40. The molecule has 128 valence electrons. The van der Waals surface area contributed by atoms with Crippen molar-refractivity contribution in [2.24, 2.45) is 0 Å². The maximum Gasteiger partial charge on any atom is 0.229 e. The minimum Gasteiger partial charge on any atom is -0.392 e. The highest BCUT2D eigenvalue weighted by molar-refractivity contribution is 9.10. The van der Waals surface area contributed by atoms with E-state index in [0.29, 0.717) is 43.6 Å². The second-order valence-electron chi connectivity index (χ2n) is 5.73. The van der Waals surface area contributed by atoms with Crippen LogP contribution in [0.5, 0.6) is 0 Å². The highest BCUT2D eigenvalue weighted by atomic mass is 79.9. The van der Waals surface area contributed by atoms with Crippen LogP contribution < -0.4 is 10.6 Å². The quantitative estimate of drug-likeness (QED) is 0.611. The van der Waals surface area contributed by atoms with Gasteiger partial charge in [0.05, 0.1) is 17.8 Å². The van der Waals surface area contributed by atoms with E-state index in [4.69, 9.17) is 23.2 Å². The first kappa shape index (κ1) is 17.7. The van der Waals surface area contributed by atoms with Crippen molar-refractivity contribution in [2.75, 3.05) is 10.6 Å². The third kappa shape index (κ3) is 4.11. The number of aromatic nitrogens is 2. The van der Waals surface area contributed by atoms with Crippen molar-refractivity contribution in [3.05, 3.63) is 38.4 Å². The zero-order valence-electron chi connectivity index (χ0n) is 12.8. The Balaban J connectivity index is 1.81. The zero-order valence-corrected chi connectivity index (χ0v) is 15.9. The Kier molecular flexibility index (Phi) is 5.81. The number of hydrogen-bond acceptors (Lipinski definition) is 5. The smallest absolute Gasteiger partial charge is 0.229 e. The fourth-order valence-electron chi connectivity index (χ4n) is 2.75. The zero-order chi connectivity index (χ0) is 17.1. The molecule has 0 aliphatic heterocycles. The van der Waals surface area contributed by atoms with Crippen LogP contribution in [0.25, 0.3) is 0 Å². The Morgan fingerprint density at radius 2 is 1.96 bits per heavy atom. The number of aliphatic hydroxyl groups is 1. The van der Waals surface area contributed by atoms with E-state index in [9.17, 15) is 5.11 Å². The number of nitrogens with one attached hydrogen (secondary N) is 2. The average molecular weight is 432 g/mol. The molecule has 2 aromatic rings.